The molecule has 0 spiro atoms. The Labute approximate surface area is 202 Å². The third-order valence-corrected chi connectivity index (χ3v) is 6.24. The van der Waals surface area contributed by atoms with Crippen molar-refractivity contribution in [1.82, 2.24) is 15.0 Å². The van der Waals surface area contributed by atoms with Crippen molar-refractivity contribution >= 4 is 17.6 Å². The summed E-state index contributed by atoms with van der Waals surface area (Å²) in [7, 11) is 1.90. The summed E-state index contributed by atoms with van der Waals surface area (Å²) in [5.74, 6) is 0.869. The molecule has 3 heterocycles. The Morgan fingerprint density at radius 2 is 1.66 bits per heavy atom. The maximum absolute atomic E-state index is 13.8. The second-order valence-electron chi connectivity index (χ2n) is 8.93. The van der Waals surface area contributed by atoms with Crippen LogP contribution >= 0.6 is 0 Å². The molecule has 3 aromatic rings. The van der Waals surface area contributed by atoms with E-state index in [2.05, 4.69) is 4.98 Å². The van der Waals surface area contributed by atoms with Crippen LogP contribution < -0.4 is 14.7 Å². The number of pyridine rings is 1. The predicted octanol–water partition coefficient (Wildman–Crippen LogP) is 5.18. The number of halogens is 4. The van der Waals surface area contributed by atoms with Gasteiger partial charge in [-0.25, -0.2) is 14.4 Å². The molecule has 2 aromatic heterocycles. The van der Waals surface area contributed by atoms with E-state index in [4.69, 9.17) is 9.97 Å². The highest BCUT2D eigenvalue weighted by Gasteiger charge is 2.36. The molecule has 0 N–H and O–H groups in total. The van der Waals surface area contributed by atoms with Gasteiger partial charge in [-0.15, -0.1) is 0 Å². The first-order valence-electron chi connectivity index (χ1n) is 11.4. The summed E-state index contributed by atoms with van der Waals surface area (Å²) < 4.78 is 54.2. The van der Waals surface area contributed by atoms with Crippen molar-refractivity contribution < 1.29 is 17.6 Å². The van der Waals surface area contributed by atoms with E-state index in [0.717, 1.165) is 11.6 Å². The smallest absolute Gasteiger partial charge is 0.353 e. The van der Waals surface area contributed by atoms with Gasteiger partial charge in [-0.3, -0.25) is 0 Å². The third-order valence-electron chi connectivity index (χ3n) is 6.24. The van der Waals surface area contributed by atoms with E-state index in [0.29, 0.717) is 49.2 Å². The van der Waals surface area contributed by atoms with Gasteiger partial charge in [0.1, 0.15) is 17.5 Å². The van der Waals surface area contributed by atoms with Crippen LogP contribution in [0.3, 0.4) is 0 Å². The molecule has 0 aliphatic carbocycles. The maximum Gasteiger partial charge on any atom is 0.419 e. The highest BCUT2D eigenvalue weighted by Crippen LogP contribution is 2.36. The van der Waals surface area contributed by atoms with Crippen molar-refractivity contribution in [2.24, 2.45) is 0 Å². The van der Waals surface area contributed by atoms with Gasteiger partial charge < -0.3 is 14.7 Å². The van der Waals surface area contributed by atoms with Crippen molar-refractivity contribution in [3.05, 3.63) is 59.5 Å². The molecule has 10 heteroatoms. The fraction of sp³-hybridized carbons (Fsp3) is 0.400. The first-order chi connectivity index (χ1) is 16.5. The molecular weight excluding hydrogens is 460 g/mol. The normalized spacial score (nSPS) is 14.5. The highest BCUT2D eigenvalue weighted by molar-refractivity contribution is 5.66. The van der Waals surface area contributed by atoms with Gasteiger partial charge in [0.15, 0.2) is 0 Å². The molecule has 1 saturated heterocycles. The van der Waals surface area contributed by atoms with Crippen LogP contribution in [-0.2, 0) is 6.18 Å². The number of rotatable bonds is 5. The van der Waals surface area contributed by atoms with Crippen molar-refractivity contribution in [2.45, 2.75) is 33.0 Å². The van der Waals surface area contributed by atoms with E-state index < -0.39 is 11.7 Å². The molecular formula is C25H28F4N6. The zero-order valence-electron chi connectivity index (χ0n) is 20.1. The number of nitrogens with zero attached hydrogens (tertiary/aromatic N) is 6. The van der Waals surface area contributed by atoms with Gasteiger partial charge in [-0.2, -0.15) is 18.2 Å². The molecule has 0 saturated carbocycles. The lowest BCUT2D eigenvalue weighted by Crippen LogP contribution is -2.47. The Hall–Kier alpha value is -3.43. The van der Waals surface area contributed by atoms with Crippen molar-refractivity contribution in [3.63, 3.8) is 0 Å². The Kier molecular flexibility index (Phi) is 6.82. The summed E-state index contributed by atoms with van der Waals surface area (Å²) in [5, 5.41) is 0. The second-order valence-corrected chi connectivity index (χ2v) is 8.93. The minimum absolute atomic E-state index is 0.0509. The number of hydrogen-bond donors (Lipinski definition) is 0. The van der Waals surface area contributed by atoms with Crippen LogP contribution in [0, 0.1) is 12.7 Å². The molecule has 0 atom stereocenters. The van der Waals surface area contributed by atoms with Crippen LogP contribution in [0.5, 0.6) is 0 Å². The molecule has 0 unspecified atom stereocenters. The number of aromatic nitrogens is 3. The Bertz CT molecular complexity index is 1190. The lowest BCUT2D eigenvalue weighted by molar-refractivity contribution is -0.137. The van der Waals surface area contributed by atoms with Crippen LogP contribution in [0.25, 0.3) is 11.3 Å². The van der Waals surface area contributed by atoms with E-state index in [-0.39, 0.29) is 17.7 Å². The van der Waals surface area contributed by atoms with E-state index in [1.807, 2.05) is 36.8 Å². The Balaban J connectivity index is 1.63. The highest BCUT2D eigenvalue weighted by atomic mass is 19.4. The fourth-order valence-electron chi connectivity index (χ4n) is 3.94. The van der Waals surface area contributed by atoms with Crippen LogP contribution in [0.4, 0.5) is 35.1 Å². The summed E-state index contributed by atoms with van der Waals surface area (Å²) in [6.07, 6.45) is -3.09. The van der Waals surface area contributed by atoms with Crippen LogP contribution in [-0.4, -0.2) is 54.2 Å². The van der Waals surface area contributed by atoms with Gasteiger partial charge in [0.2, 0.25) is 5.95 Å². The van der Waals surface area contributed by atoms with E-state index in [1.54, 1.807) is 24.0 Å². The standard InChI is InChI=1S/C25H28F4N6/c1-16(2)33(4)24-31-21(18-7-8-20(26)17(3)14-18)15-22(32-24)34-10-12-35(13-11-34)23-19(25(27,28)29)6-5-9-30-23/h5-9,14-16H,10-13H2,1-4H3. The molecule has 1 fully saturated rings. The topological polar surface area (TPSA) is 48.4 Å². The van der Waals surface area contributed by atoms with Gasteiger partial charge in [0.25, 0.3) is 0 Å². The van der Waals surface area contributed by atoms with Gasteiger partial charge in [0, 0.05) is 57.1 Å². The monoisotopic (exact) mass is 488 g/mol. The zero-order chi connectivity index (χ0) is 25.3. The van der Waals surface area contributed by atoms with E-state index in [1.165, 1.54) is 18.3 Å². The molecule has 4 rings (SSSR count). The molecule has 186 valence electrons. The number of anilines is 3. The van der Waals surface area contributed by atoms with Gasteiger partial charge in [0.05, 0.1) is 11.3 Å². The lowest BCUT2D eigenvalue weighted by atomic mass is 10.1. The minimum atomic E-state index is -4.47. The number of aryl methyl sites for hydroxylation is 1. The number of alkyl halides is 3. The quantitative estimate of drug-likeness (QED) is 0.462. The Morgan fingerprint density at radius 1 is 0.971 bits per heavy atom. The molecule has 1 aromatic carbocycles. The molecule has 0 bridgehead atoms. The largest absolute Gasteiger partial charge is 0.419 e. The SMILES string of the molecule is Cc1cc(-c2cc(N3CCN(c4ncccc4C(F)(F)F)CC3)nc(N(C)C(C)C)n2)ccc1F. The molecule has 6 nitrogen and oxygen atoms in total. The summed E-state index contributed by atoms with van der Waals surface area (Å²) >= 11 is 0. The summed E-state index contributed by atoms with van der Waals surface area (Å²) in [6.45, 7) is 7.43. The van der Waals surface area contributed by atoms with Gasteiger partial charge >= 0.3 is 6.18 Å². The Morgan fingerprint density at radius 3 is 2.29 bits per heavy atom. The maximum atomic E-state index is 13.8. The lowest BCUT2D eigenvalue weighted by Gasteiger charge is -2.37. The zero-order valence-corrected chi connectivity index (χ0v) is 20.1. The van der Waals surface area contributed by atoms with Crippen molar-refractivity contribution in [1.29, 1.82) is 0 Å². The molecule has 1 aliphatic rings. The molecule has 0 amide bonds. The third kappa shape index (κ3) is 5.31. The summed E-state index contributed by atoms with van der Waals surface area (Å²) in [5.41, 5.74) is 1.22. The van der Waals surface area contributed by atoms with Crippen LogP contribution in [0.15, 0.2) is 42.6 Å². The summed E-state index contributed by atoms with van der Waals surface area (Å²) in [4.78, 5) is 19.1. The number of piperazine rings is 1. The first-order valence-corrected chi connectivity index (χ1v) is 11.4. The molecule has 1 aliphatic heterocycles. The minimum Gasteiger partial charge on any atom is -0.353 e. The first kappa shape index (κ1) is 24.7. The summed E-state index contributed by atoms with van der Waals surface area (Å²) in [6, 6.07) is 9.21. The van der Waals surface area contributed by atoms with Crippen molar-refractivity contribution in [3.8, 4) is 11.3 Å². The second kappa shape index (κ2) is 9.67. The van der Waals surface area contributed by atoms with Crippen molar-refractivity contribution in [2.75, 3.05) is 47.9 Å². The van der Waals surface area contributed by atoms with Crippen LogP contribution in [0.1, 0.15) is 25.0 Å². The van der Waals surface area contributed by atoms with Gasteiger partial charge in [-0.1, -0.05) is 0 Å². The number of hydrogen-bond acceptors (Lipinski definition) is 6. The average Bonchev–Trinajstić information content (AvgIpc) is 2.84. The van der Waals surface area contributed by atoms with E-state index >= 15 is 0 Å². The average molecular weight is 489 g/mol. The fourth-order valence-corrected chi connectivity index (χ4v) is 3.94. The molecule has 35 heavy (non-hydrogen) atoms. The van der Waals surface area contributed by atoms with E-state index in [9.17, 15) is 17.6 Å². The number of benzene rings is 1. The predicted molar refractivity (Wildman–Crippen MR) is 129 cm³/mol. The van der Waals surface area contributed by atoms with Gasteiger partial charge in [-0.05, 0) is 56.7 Å². The van der Waals surface area contributed by atoms with Crippen LogP contribution in [0.2, 0.25) is 0 Å². The molecule has 0 radical (unpaired) electrons.